The number of amides is 1. The summed E-state index contributed by atoms with van der Waals surface area (Å²) in [5, 5.41) is 13.3. The highest BCUT2D eigenvalue weighted by Crippen LogP contribution is 2.30. The fourth-order valence-corrected chi connectivity index (χ4v) is 3.19. The van der Waals surface area contributed by atoms with Crippen LogP contribution in [-0.2, 0) is 11.3 Å². The first-order valence-corrected chi connectivity index (χ1v) is 8.07. The number of aromatic nitrogens is 3. The number of aryl methyl sites for hydroxylation is 1. The molecule has 1 aliphatic rings. The third-order valence-corrected chi connectivity index (χ3v) is 4.42. The summed E-state index contributed by atoms with van der Waals surface area (Å²) in [6.07, 6.45) is 5.10. The first-order chi connectivity index (χ1) is 11.6. The Balaban J connectivity index is 1.55. The van der Waals surface area contributed by atoms with Gasteiger partial charge in [0, 0.05) is 32.0 Å². The van der Waals surface area contributed by atoms with Gasteiger partial charge in [0.1, 0.15) is 12.7 Å². The summed E-state index contributed by atoms with van der Waals surface area (Å²) in [5.74, 6) is -0.704. The Bertz CT molecular complexity index is 714. The highest BCUT2D eigenvalue weighted by molar-refractivity contribution is 5.89. The average molecular weight is 328 g/mol. The second-order valence-corrected chi connectivity index (χ2v) is 5.98. The van der Waals surface area contributed by atoms with Crippen LogP contribution in [0.15, 0.2) is 36.9 Å². The van der Waals surface area contributed by atoms with E-state index in [9.17, 15) is 14.7 Å². The van der Waals surface area contributed by atoms with E-state index in [1.807, 2.05) is 17.0 Å². The Kier molecular flexibility index (Phi) is 4.88. The Hall–Kier alpha value is -2.70. The first-order valence-electron chi connectivity index (χ1n) is 8.07. The van der Waals surface area contributed by atoms with Crippen molar-refractivity contribution in [2.24, 2.45) is 0 Å². The van der Waals surface area contributed by atoms with Crippen molar-refractivity contribution >= 4 is 11.9 Å². The zero-order valence-electron chi connectivity index (χ0n) is 13.3. The minimum Gasteiger partial charge on any atom is -0.478 e. The summed E-state index contributed by atoms with van der Waals surface area (Å²) in [4.78, 5) is 29.4. The summed E-state index contributed by atoms with van der Waals surface area (Å²) in [5.41, 5.74) is 1.16. The lowest BCUT2D eigenvalue weighted by molar-refractivity contribution is -0.130. The number of aromatic carboxylic acids is 1. The molecule has 1 fully saturated rings. The van der Waals surface area contributed by atoms with Gasteiger partial charge in [-0.1, -0.05) is 18.2 Å². The largest absolute Gasteiger partial charge is 0.478 e. The lowest BCUT2D eigenvalue weighted by Crippen LogP contribution is -2.28. The lowest BCUT2D eigenvalue weighted by Gasteiger charge is -2.17. The number of rotatable bonds is 6. The number of hydrogen-bond acceptors (Lipinski definition) is 4. The molecule has 7 nitrogen and oxygen atoms in total. The number of carboxylic acid groups (broad SMARTS) is 1. The Morgan fingerprint density at radius 1 is 1.29 bits per heavy atom. The van der Waals surface area contributed by atoms with Gasteiger partial charge in [-0.3, -0.25) is 9.48 Å². The van der Waals surface area contributed by atoms with E-state index < -0.39 is 5.97 Å². The molecular weight excluding hydrogens is 308 g/mol. The molecule has 1 aromatic heterocycles. The van der Waals surface area contributed by atoms with Crippen LogP contribution in [0.2, 0.25) is 0 Å². The molecular formula is C17H20N4O3. The molecule has 3 rings (SSSR count). The fourth-order valence-electron chi connectivity index (χ4n) is 3.19. The third-order valence-electron chi connectivity index (χ3n) is 4.42. The lowest BCUT2D eigenvalue weighted by atomic mass is 9.93. The van der Waals surface area contributed by atoms with Crippen LogP contribution in [0.25, 0.3) is 0 Å². The molecule has 0 bridgehead atoms. The number of likely N-dealkylation sites (tertiary alicyclic amines) is 1. The predicted octanol–water partition coefficient (Wildman–Crippen LogP) is 1.77. The van der Waals surface area contributed by atoms with Crippen LogP contribution in [0.4, 0.5) is 0 Å². The number of carboxylic acids is 1. The second-order valence-electron chi connectivity index (χ2n) is 5.98. The summed E-state index contributed by atoms with van der Waals surface area (Å²) < 4.78 is 1.71. The van der Waals surface area contributed by atoms with Crippen molar-refractivity contribution < 1.29 is 14.7 Å². The maximum Gasteiger partial charge on any atom is 0.335 e. The van der Waals surface area contributed by atoms with E-state index in [1.54, 1.807) is 23.1 Å². The highest BCUT2D eigenvalue weighted by Gasteiger charge is 2.29. The molecule has 1 saturated heterocycles. The van der Waals surface area contributed by atoms with Gasteiger partial charge in [-0.2, -0.15) is 5.10 Å². The number of benzene rings is 1. The molecule has 0 spiro atoms. The van der Waals surface area contributed by atoms with Crippen molar-refractivity contribution in [1.82, 2.24) is 19.7 Å². The van der Waals surface area contributed by atoms with Crippen molar-refractivity contribution in [3.63, 3.8) is 0 Å². The van der Waals surface area contributed by atoms with Crippen LogP contribution < -0.4 is 0 Å². The Morgan fingerprint density at radius 2 is 2.12 bits per heavy atom. The van der Waals surface area contributed by atoms with Crippen LogP contribution in [0.5, 0.6) is 0 Å². The summed E-state index contributed by atoms with van der Waals surface area (Å²) in [7, 11) is 0. The van der Waals surface area contributed by atoms with Gasteiger partial charge >= 0.3 is 5.97 Å². The molecule has 0 saturated carbocycles. The van der Waals surface area contributed by atoms with E-state index >= 15 is 0 Å². The minimum absolute atomic E-state index is 0.0940. The van der Waals surface area contributed by atoms with Gasteiger partial charge in [-0.05, 0) is 24.5 Å². The van der Waals surface area contributed by atoms with Gasteiger partial charge in [-0.15, -0.1) is 0 Å². The fraction of sp³-hybridized carbons (Fsp3) is 0.412. The molecule has 1 aromatic carbocycles. The second kappa shape index (κ2) is 7.25. The molecule has 0 radical (unpaired) electrons. The van der Waals surface area contributed by atoms with Crippen LogP contribution in [0, 0.1) is 0 Å². The summed E-state index contributed by atoms with van der Waals surface area (Å²) in [6, 6.07) is 7.06. The standard InChI is InChI=1S/C17H20N4O3/c22-16(6-3-8-21-12-18-11-19-21)20-9-7-13(10-20)14-4-1-2-5-15(14)17(23)24/h1-2,4-5,11-13H,3,6-10H2,(H,23,24)/t13-/m1/s1. The maximum atomic E-state index is 12.3. The highest BCUT2D eigenvalue weighted by atomic mass is 16.4. The van der Waals surface area contributed by atoms with Gasteiger partial charge in [0.25, 0.3) is 0 Å². The molecule has 7 heteroatoms. The monoisotopic (exact) mass is 328 g/mol. The van der Waals surface area contributed by atoms with E-state index in [-0.39, 0.29) is 11.8 Å². The number of hydrogen-bond donors (Lipinski definition) is 1. The Morgan fingerprint density at radius 3 is 2.88 bits per heavy atom. The van der Waals surface area contributed by atoms with Gasteiger partial charge in [0.2, 0.25) is 5.91 Å². The predicted molar refractivity (Wildman–Crippen MR) is 86.6 cm³/mol. The average Bonchev–Trinajstić information content (AvgIpc) is 3.26. The van der Waals surface area contributed by atoms with E-state index in [0.717, 1.165) is 18.4 Å². The SMILES string of the molecule is O=C(O)c1ccccc1[C@@H]1CCN(C(=O)CCCn2cncn2)C1. The molecule has 0 aliphatic carbocycles. The molecule has 1 aliphatic heterocycles. The third kappa shape index (κ3) is 3.61. The van der Waals surface area contributed by atoms with E-state index in [2.05, 4.69) is 10.1 Å². The molecule has 24 heavy (non-hydrogen) atoms. The van der Waals surface area contributed by atoms with Crippen LogP contribution >= 0.6 is 0 Å². The maximum absolute atomic E-state index is 12.3. The normalized spacial score (nSPS) is 17.2. The summed E-state index contributed by atoms with van der Waals surface area (Å²) in [6.45, 7) is 1.94. The molecule has 126 valence electrons. The van der Waals surface area contributed by atoms with Crippen molar-refractivity contribution in [3.8, 4) is 0 Å². The Labute approximate surface area is 139 Å². The zero-order chi connectivity index (χ0) is 16.9. The van der Waals surface area contributed by atoms with Crippen molar-refractivity contribution in [2.45, 2.75) is 31.7 Å². The quantitative estimate of drug-likeness (QED) is 0.873. The zero-order valence-corrected chi connectivity index (χ0v) is 13.3. The number of nitrogens with zero attached hydrogens (tertiary/aromatic N) is 4. The molecule has 1 amide bonds. The van der Waals surface area contributed by atoms with Crippen LogP contribution in [0.1, 0.15) is 41.1 Å². The topological polar surface area (TPSA) is 88.3 Å². The smallest absolute Gasteiger partial charge is 0.335 e. The number of carbonyl (C=O) groups excluding carboxylic acids is 1. The molecule has 2 aromatic rings. The van der Waals surface area contributed by atoms with Gasteiger partial charge in [-0.25, -0.2) is 9.78 Å². The minimum atomic E-state index is -0.914. The molecule has 1 atom stereocenters. The van der Waals surface area contributed by atoms with Crippen molar-refractivity contribution in [2.75, 3.05) is 13.1 Å². The molecule has 2 heterocycles. The molecule has 0 unspecified atom stereocenters. The molecule has 1 N–H and O–H groups in total. The van der Waals surface area contributed by atoms with Crippen molar-refractivity contribution in [1.29, 1.82) is 0 Å². The van der Waals surface area contributed by atoms with Crippen LogP contribution in [-0.4, -0.2) is 49.7 Å². The first kappa shape index (κ1) is 16.2. The van der Waals surface area contributed by atoms with Crippen LogP contribution in [0.3, 0.4) is 0 Å². The van der Waals surface area contributed by atoms with Gasteiger partial charge < -0.3 is 10.0 Å². The van der Waals surface area contributed by atoms with Gasteiger partial charge in [0.05, 0.1) is 5.56 Å². The van der Waals surface area contributed by atoms with Gasteiger partial charge in [0.15, 0.2) is 0 Å². The van der Waals surface area contributed by atoms with E-state index in [0.29, 0.717) is 31.6 Å². The van der Waals surface area contributed by atoms with E-state index in [1.165, 1.54) is 6.33 Å². The number of carbonyl (C=O) groups is 2. The summed E-state index contributed by atoms with van der Waals surface area (Å²) >= 11 is 0. The van der Waals surface area contributed by atoms with E-state index in [4.69, 9.17) is 0 Å². The van der Waals surface area contributed by atoms with Crippen molar-refractivity contribution in [3.05, 3.63) is 48.0 Å².